The first kappa shape index (κ1) is 14.0. The van der Waals surface area contributed by atoms with Gasteiger partial charge in [0.15, 0.2) is 10.2 Å². The van der Waals surface area contributed by atoms with Crippen LogP contribution >= 0.6 is 23.1 Å². The van der Waals surface area contributed by atoms with Crippen molar-refractivity contribution in [3.05, 3.63) is 41.8 Å². The van der Waals surface area contributed by atoms with Crippen molar-refractivity contribution in [1.82, 2.24) is 20.3 Å². The number of benzene rings is 1. The lowest BCUT2D eigenvalue weighted by Crippen LogP contribution is -1.89. The summed E-state index contributed by atoms with van der Waals surface area (Å²) in [5.41, 5.74) is 0.634. The highest BCUT2D eigenvalue weighted by molar-refractivity contribution is 8.00. The Morgan fingerprint density at radius 1 is 1.38 bits per heavy atom. The van der Waals surface area contributed by atoms with Gasteiger partial charge in [0.25, 0.3) is 0 Å². The van der Waals surface area contributed by atoms with E-state index >= 15 is 0 Å². The van der Waals surface area contributed by atoms with Crippen LogP contribution < -0.4 is 5.32 Å². The molecule has 0 saturated heterocycles. The van der Waals surface area contributed by atoms with Crippen LogP contribution in [0, 0.1) is 12.7 Å². The molecule has 0 amide bonds. The van der Waals surface area contributed by atoms with Gasteiger partial charge in [-0.3, -0.25) is 0 Å². The Hall–Kier alpha value is -2.00. The zero-order chi connectivity index (χ0) is 14.7. The molecule has 0 unspecified atom stereocenters. The second-order valence-corrected chi connectivity index (χ2v) is 6.23. The first-order chi connectivity index (χ1) is 10.2. The van der Waals surface area contributed by atoms with Gasteiger partial charge in [-0.2, -0.15) is 4.98 Å². The van der Waals surface area contributed by atoms with Crippen LogP contribution in [-0.2, 0) is 5.75 Å². The molecule has 0 aliphatic carbocycles. The fraction of sp³-hybridized carbons (Fsp3) is 0.167. The average Bonchev–Trinajstić information content (AvgIpc) is 3.06. The van der Waals surface area contributed by atoms with Gasteiger partial charge in [-0.05, 0) is 25.1 Å². The standard InChI is InChI=1S/C12H10FN5OS2/c1-7-14-10(19-18-7)6-20-12-17-16-11(21-12)15-9-4-2-3-8(13)5-9/h2-5H,6H2,1H3,(H,15,16). The number of aromatic nitrogens is 4. The lowest BCUT2D eigenvalue weighted by molar-refractivity contribution is 0.387. The summed E-state index contributed by atoms with van der Waals surface area (Å²) in [6, 6.07) is 6.18. The van der Waals surface area contributed by atoms with Crippen molar-refractivity contribution in [1.29, 1.82) is 0 Å². The number of thioether (sulfide) groups is 1. The Morgan fingerprint density at radius 2 is 2.29 bits per heavy atom. The summed E-state index contributed by atoms with van der Waals surface area (Å²) in [5.74, 6) is 1.39. The number of nitrogens with one attached hydrogen (secondary N) is 1. The van der Waals surface area contributed by atoms with Crippen LogP contribution in [0.25, 0.3) is 0 Å². The lowest BCUT2D eigenvalue weighted by atomic mass is 10.3. The lowest BCUT2D eigenvalue weighted by Gasteiger charge is -2.00. The number of halogens is 1. The Kier molecular flexibility index (Phi) is 4.11. The third-order valence-electron chi connectivity index (χ3n) is 2.37. The normalized spacial score (nSPS) is 10.8. The minimum Gasteiger partial charge on any atom is -0.338 e. The molecule has 0 spiro atoms. The van der Waals surface area contributed by atoms with Crippen LogP contribution in [0.2, 0.25) is 0 Å². The number of nitrogens with zero attached hydrogens (tertiary/aromatic N) is 4. The Bertz CT molecular complexity index is 745. The molecule has 0 aliphatic rings. The van der Waals surface area contributed by atoms with E-state index < -0.39 is 0 Å². The third-order valence-corrected chi connectivity index (χ3v) is 4.33. The largest absolute Gasteiger partial charge is 0.338 e. The maximum Gasteiger partial charge on any atom is 0.237 e. The highest BCUT2D eigenvalue weighted by atomic mass is 32.2. The van der Waals surface area contributed by atoms with Crippen molar-refractivity contribution in [2.75, 3.05) is 5.32 Å². The highest BCUT2D eigenvalue weighted by Crippen LogP contribution is 2.29. The third kappa shape index (κ3) is 3.76. The number of hydrogen-bond donors (Lipinski definition) is 1. The molecule has 21 heavy (non-hydrogen) atoms. The van der Waals surface area contributed by atoms with Gasteiger partial charge in [0.2, 0.25) is 11.0 Å². The second-order valence-electron chi connectivity index (χ2n) is 4.03. The molecule has 9 heteroatoms. The molecule has 0 radical (unpaired) electrons. The fourth-order valence-corrected chi connectivity index (χ4v) is 3.14. The van der Waals surface area contributed by atoms with E-state index in [0.717, 1.165) is 4.34 Å². The molecule has 0 atom stereocenters. The van der Waals surface area contributed by atoms with Gasteiger partial charge in [0, 0.05) is 5.69 Å². The van der Waals surface area contributed by atoms with E-state index in [0.29, 0.717) is 28.3 Å². The Balaban J connectivity index is 1.61. The summed E-state index contributed by atoms with van der Waals surface area (Å²) >= 11 is 2.83. The smallest absolute Gasteiger partial charge is 0.237 e. The molecule has 1 aromatic carbocycles. The predicted molar refractivity (Wildman–Crippen MR) is 78.2 cm³/mol. The zero-order valence-corrected chi connectivity index (χ0v) is 12.5. The van der Waals surface area contributed by atoms with Crippen molar-refractivity contribution >= 4 is 33.9 Å². The molecule has 0 saturated carbocycles. The molecule has 0 fully saturated rings. The number of rotatable bonds is 5. The van der Waals surface area contributed by atoms with E-state index in [1.54, 1.807) is 19.1 Å². The van der Waals surface area contributed by atoms with E-state index in [9.17, 15) is 4.39 Å². The molecule has 108 valence electrons. The van der Waals surface area contributed by atoms with Gasteiger partial charge < -0.3 is 9.84 Å². The molecular formula is C12H10FN5OS2. The van der Waals surface area contributed by atoms with E-state index in [2.05, 4.69) is 25.7 Å². The van der Waals surface area contributed by atoms with Crippen molar-refractivity contribution in [3.63, 3.8) is 0 Å². The van der Waals surface area contributed by atoms with E-state index in [1.807, 2.05) is 0 Å². The summed E-state index contributed by atoms with van der Waals surface area (Å²) in [6.45, 7) is 1.77. The van der Waals surface area contributed by atoms with Crippen LogP contribution in [0.15, 0.2) is 33.1 Å². The van der Waals surface area contributed by atoms with Gasteiger partial charge in [0.05, 0.1) is 5.75 Å². The summed E-state index contributed by atoms with van der Waals surface area (Å²) in [5, 5.41) is 15.4. The molecule has 6 nitrogen and oxygen atoms in total. The van der Waals surface area contributed by atoms with Crippen LogP contribution in [0.1, 0.15) is 11.7 Å². The number of anilines is 2. The zero-order valence-electron chi connectivity index (χ0n) is 10.9. The first-order valence-corrected chi connectivity index (χ1v) is 7.77. The Morgan fingerprint density at radius 3 is 3.05 bits per heavy atom. The van der Waals surface area contributed by atoms with Crippen molar-refractivity contribution in [3.8, 4) is 0 Å². The molecule has 2 aromatic heterocycles. The van der Waals surface area contributed by atoms with Crippen LogP contribution in [-0.4, -0.2) is 20.3 Å². The van der Waals surface area contributed by atoms with E-state index in [4.69, 9.17) is 4.52 Å². The molecule has 1 N–H and O–H groups in total. The van der Waals surface area contributed by atoms with Gasteiger partial charge in [-0.1, -0.05) is 34.3 Å². The minimum atomic E-state index is -0.300. The summed E-state index contributed by atoms with van der Waals surface area (Å²) in [6.07, 6.45) is 0. The predicted octanol–water partition coefficient (Wildman–Crippen LogP) is 3.40. The fourth-order valence-electron chi connectivity index (χ4n) is 1.53. The van der Waals surface area contributed by atoms with Crippen molar-refractivity contribution in [2.45, 2.75) is 17.0 Å². The van der Waals surface area contributed by atoms with Crippen LogP contribution in [0.5, 0.6) is 0 Å². The second kappa shape index (κ2) is 6.19. The van der Waals surface area contributed by atoms with Crippen LogP contribution in [0.4, 0.5) is 15.2 Å². The maximum atomic E-state index is 13.1. The SMILES string of the molecule is Cc1noc(CSc2nnc(Nc3cccc(F)c3)s2)n1. The quantitative estimate of drug-likeness (QED) is 0.721. The molecular weight excluding hydrogens is 313 g/mol. The minimum absolute atomic E-state index is 0.300. The monoisotopic (exact) mass is 323 g/mol. The number of aryl methyl sites for hydroxylation is 1. The number of hydrogen-bond acceptors (Lipinski definition) is 8. The van der Waals surface area contributed by atoms with E-state index in [1.165, 1.54) is 35.2 Å². The molecule has 2 heterocycles. The topological polar surface area (TPSA) is 76.7 Å². The van der Waals surface area contributed by atoms with Gasteiger partial charge in [0.1, 0.15) is 5.82 Å². The average molecular weight is 323 g/mol. The van der Waals surface area contributed by atoms with Gasteiger partial charge in [-0.15, -0.1) is 10.2 Å². The summed E-state index contributed by atoms with van der Waals surface area (Å²) < 4.78 is 18.9. The van der Waals surface area contributed by atoms with Crippen molar-refractivity contribution in [2.24, 2.45) is 0 Å². The highest BCUT2D eigenvalue weighted by Gasteiger charge is 2.09. The van der Waals surface area contributed by atoms with Gasteiger partial charge >= 0.3 is 0 Å². The van der Waals surface area contributed by atoms with Crippen molar-refractivity contribution < 1.29 is 8.91 Å². The summed E-state index contributed by atoms with van der Waals surface area (Å²) in [7, 11) is 0. The maximum absolute atomic E-state index is 13.1. The van der Waals surface area contributed by atoms with Crippen LogP contribution in [0.3, 0.4) is 0 Å². The first-order valence-electron chi connectivity index (χ1n) is 5.97. The van der Waals surface area contributed by atoms with E-state index in [-0.39, 0.29) is 5.82 Å². The summed E-state index contributed by atoms with van der Waals surface area (Å²) in [4.78, 5) is 4.11. The molecule has 0 aliphatic heterocycles. The Labute approximate surface area is 127 Å². The molecule has 3 aromatic rings. The molecule has 0 bridgehead atoms. The molecule has 3 rings (SSSR count). The van der Waals surface area contributed by atoms with Gasteiger partial charge in [-0.25, -0.2) is 4.39 Å².